The number of nitrogens with two attached hydrogens (primary N) is 1. The van der Waals surface area contributed by atoms with Gasteiger partial charge < -0.3 is 10.5 Å². The summed E-state index contributed by atoms with van der Waals surface area (Å²) in [5.74, 6) is 1.18. The lowest BCUT2D eigenvalue weighted by Crippen LogP contribution is -2.41. The number of nitrogens with zero attached hydrogens (tertiary/aromatic N) is 1. The fourth-order valence-corrected chi connectivity index (χ4v) is 3.90. The molecule has 1 aliphatic carbocycles. The summed E-state index contributed by atoms with van der Waals surface area (Å²) in [6.07, 6.45) is 8.97. The average Bonchev–Trinajstić information content (AvgIpc) is 2.53. The molecular weight excluding hydrogens is 268 g/mol. The van der Waals surface area contributed by atoms with Crippen molar-refractivity contribution in [3.8, 4) is 0 Å². The highest BCUT2D eigenvalue weighted by Gasteiger charge is 2.25. The Morgan fingerprint density at radius 2 is 2.15 bits per heavy atom. The van der Waals surface area contributed by atoms with Crippen LogP contribution < -0.4 is 5.73 Å². The van der Waals surface area contributed by atoms with Crippen molar-refractivity contribution in [3.05, 3.63) is 11.6 Å². The third kappa shape index (κ3) is 5.40. The molecule has 0 bridgehead atoms. The number of thioether (sulfide) groups is 1. The molecule has 0 aromatic carbocycles. The molecule has 1 unspecified atom stereocenters. The summed E-state index contributed by atoms with van der Waals surface area (Å²) in [5.41, 5.74) is 7.70. The van der Waals surface area contributed by atoms with E-state index < -0.39 is 0 Å². The molecular formula is C16H30N2OS. The van der Waals surface area contributed by atoms with Crippen LogP contribution in [0.2, 0.25) is 0 Å². The van der Waals surface area contributed by atoms with Gasteiger partial charge in [0.05, 0.1) is 13.2 Å². The van der Waals surface area contributed by atoms with Gasteiger partial charge in [0.1, 0.15) is 0 Å². The summed E-state index contributed by atoms with van der Waals surface area (Å²) in [7, 11) is 0. The summed E-state index contributed by atoms with van der Waals surface area (Å²) >= 11 is 2.07. The Balaban J connectivity index is 1.73. The molecule has 1 atom stereocenters. The van der Waals surface area contributed by atoms with Gasteiger partial charge in [0.2, 0.25) is 0 Å². The number of allylic oxidation sites excluding steroid dienone is 1. The fraction of sp³-hybridized carbons (Fsp3) is 0.875. The maximum absolute atomic E-state index is 6.05. The number of morpholine rings is 1. The molecule has 0 amide bonds. The van der Waals surface area contributed by atoms with Crippen LogP contribution in [0.3, 0.4) is 0 Å². The molecule has 1 heterocycles. The summed E-state index contributed by atoms with van der Waals surface area (Å²) in [4.78, 5) is 2.51. The van der Waals surface area contributed by atoms with Gasteiger partial charge >= 0.3 is 0 Å². The largest absolute Gasteiger partial charge is 0.379 e. The summed E-state index contributed by atoms with van der Waals surface area (Å²) in [6.45, 7) is 8.20. The zero-order valence-corrected chi connectivity index (χ0v) is 13.7. The van der Waals surface area contributed by atoms with Crippen LogP contribution >= 0.6 is 11.8 Å². The van der Waals surface area contributed by atoms with E-state index in [2.05, 4.69) is 29.7 Å². The van der Waals surface area contributed by atoms with Crippen molar-refractivity contribution < 1.29 is 4.74 Å². The van der Waals surface area contributed by atoms with E-state index in [1.165, 1.54) is 37.9 Å². The Morgan fingerprint density at radius 3 is 2.80 bits per heavy atom. The minimum Gasteiger partial charge on any atom is -0.379 e. The van der Waals surface area contributed by atoms with Gasteiger partial charge in [-0.25, -0.2) is 0 Å². The molecule has 1 aliphatic heterocycles. The fourth-order valence-electron chi connectivity index (χ4n) is 2.76. The highest BCUT2D eigenvalue weighted by molar-refractivity contribution is 8.00. The van der Waals surface area contributed by atoms with Crippen molar-refractivity contribution >= 4 is 11.8 Å². The monoisotopic (exact) mass is 298 g/mol. The highest BCUT2D eigenvalue weighted by Crippen LogP contribution is 2.32. The lowest BCUT2D eigenvalue weighted by Gasteiger charge is -2.33. The molecule has 2 aliphatic rings. The van der Waals surface area contributed by atoms with E-state index in [1.54, 1.807) is 5.57 Å². The summed E-state index contributed by atoms with van der Waals surface area (Å²) in [5, 5.41) is 0. The molecule has 0 spiro atoms. The smallest absolute Gasteiger partial charge is 0.0594 e. The highest BCUT2D eigenvalue weighted by atomic mass is 32.2. The lowest BCUT2D eigenvalue weighted by atomic mass is 10.0. The summed E-state index contributed by atoms with van der Waals surface area (Å²) < 4.78 is 5.62. The van der Waals surface area contributed by atoms with Crippen LogP contribution in [0.4, 0.5) is 0 Å². The number of rotatable bonds is 7. The molecule has 2 N–H and O–H groups in total. The van der Waals surface area contributed by atoms with Crippen LogP contribution in [0, 0.1) is 0 Å². The van der Waals surface area contributed by atoms with E-state index in [9.17, 15) is 0 Å². The first-order chi connectivity index (χ1) is 9.72. The van der Waals surface area contributed by atoms with Gasteiger partial charge in [-0.15, -0.1) is 11.8 Å². The van der Waals surface area contributed by atoms with Gasteiger partial charge in [-0.3, -0.25) is 4.90 Å². The molecule has 20 heavy (non-hydrogen) atoms. The molecule has 3 nitrogen and oxygen atoms in total. The standard InChI is InChI=1S/C16H30N2OS/c1-16(14-17,7-8-18-9-11-19-12-10-18)20-13-15-5-3-2-4-6-15/h5H,2-4,6-14,17H2,1H3. The molecule has 0 aromatic rings. The van der Waals surface area contributed by atoms with Gasteiger partial charge in [-0.1, -0.05) is 11.6 Å². The first-order valence-corrected chi connectivity index (χ1v) is 9.02. The van der Waals surface area contributed by atoms with E-state index >= 15 is 0 Å². The lowest BCUT2D eigenvalue weighted by molar-refractivity contribution is 0.0364. The Kier molecular flexibility index (Phi) is 6.88. The Labute approximate surface area is 128 Å². The first-order valence-electron chi connectivity index (χ1n) is 8.04. The Morgan fingerprint density at radius 1 is 1.35 bits per heavy atom. The Bertz CT molecular complexity index is 316. The zero-order valence-electron chi connectivity index (χ0n) is 12.9. The van der Waals surface area contributed by atoms with Crippen LogP contribution in [-0.2, 0) is 4.74 Å². The van der Waals surface area contributed by atoms with Gasteiger partial charge in [-0.2, -0.15) is 0 Å². The minimum atomic E-state index is 0.219. The molecule has 0 saturated carbocycles. The van der Waals surface area contributed by atoms with Crippen LogP contribution in [0.15, 0.2) is 11.6 Å². The second kappa shape index (κ2) is 8.42. The SMILES string of the molecule is CC(CN)(CCN1CCOCC1)SCC1=CCCCC1. The van der Waals surface area contributed by atoms with Crippen molar-refractivity contribution in [3.63, 3.8) is 0 Å². The number of hydrogen-bond acceptors (Lipinski definition) is 4. The van der Waals surface area contributed by atoms with Crippen molar-refractivity contribution in [1.29, 1.82) is 0 Å². The number of ether oxygens (including phenoxy) is 1. The quantitative estimate of drug-likeness (QED) is 0.733. The van der Waals surface area contributed by atoms with Crippen LogP contribution in [0.5, 0.6) is 0 Å². The molecule has 0 radical (unpaired) electrons. The zero-order chi connectivity index (χ0) is 14.3. The van der Waals surface area contributed by atoms with Crippen LogP contribution in [0.1, 0.15) is 39.0 Å². The number of hydrogen-bond donors (Lipinski definition) is 1. The van der Waals surface area contributed by atoms with Gasteiger partial charge in [-0.05, 0) is 45.6 Å². The Hall–Kier alpha value is -0.0300. The molecule has 1 fully saturated rings. The maximum Gasteiger partial charge on any atom is 0.0594 e. The second-order valence-electron chi connectivity index (χ2n) is 6.25. The topological polar surface area (TPSA) is 38.5 Å². The third-order valence-corrected chi connectivity index (χ3v) is 6.07. The van der Waals surface area contributed by atoms with E-state index in [1.807, 2.05) is 0 Å². The van der Waals surface area contributed by atoms with Crippen molar-refractivity contribution in [2.24, 2.45) is 5.73 Å². The first kappa shape index (κ1) is 16.3. The van der Waals surface area contributed by atoms with E-state index in [-0.39, 0.29) is 4.75 Å². The van der Waals surface area contributed by atoms with Gasteiger partial charge in [0.15, 0.2) is 0 Å². The third-order valence-electron chi connectivity index (χ3n) is 4.48. The predicted molar refractivity (Wildman–Crippen MR) is 88.3 cm³/mol. The minimum absolute atomic E-state index is 0.219. The molecule has 0 aromatic heterocycles. The second-order valence-corrected chi connectivity index (χ2v) is 7.82. The van der Waals surface area contributed by atoms with Gasteiger partial charge in [0, 0.05) is 30.1 Å². The molecule has 2 rings (SSSR count). The van der Waals surface area contributed by atoms with Crippen molar-refractivity contribution in [2.75, 3.05) is 45.1 Å². The van der Waals surface area contributed by atoms with E-state index in [0.717, 1.165) is 39.4 Å². The normalized spacial score (nSPS) is 24.2. The van der Waals surface area contributed by atoms with Crippen molar-refractivity contribution in [2.45, 2.75) is 43.8 Å². The predicted octanol–water partition coefficient (Wildman–Crippen LogP) is 2.66. The molecule has 1 saturated heterocycles. The van der Waals surface area contributed by atoms with Crippen molar-refractivity contribution in [1.82, 2.24) is 4.90 Å². The van der Waals surface area contributed by atoms with E-state index in [0.29, 0.717) is 0 Å². The van der Waals surface area contributed by atoms with E-state index in [4.69, 9.17) is 10.5 Å². The van der Waals surface area contributed by atoms with Gasteiger partial charge in [0.25, 0.3) is 0 Å². The average molecular weight is 298 g/mol. The van der Waals surface area contributed by atoms with Crippen LogP contribution in [-0.4, -0.2) is 54.8 Å². The molecule has 116 valence electrons. The maximum atomic E-state index is 6.05. The van der Waals surface area contributed by atoms with Crippen LogP contribution in [0.25, 0.3) is 0 Å². The molecule has 4 heteroatoms. The summed E-state index contributed by atoms with van der Waals surface area (Å²) in [6, 6.07) is 0.